The summed E-state index contributed by atoms with van der Waals surface area (Å²) in [6.07, 6.45) is 8.30. The topological polar surface area (TPSA) is 119 Å². The number of amides is 1. The van der Waals surface area contributed by atoms with E-state index in [-0.39, 0.29) is 34.7 Å². The van der Waals surface area contributed by atoms with E-state index >= 15 is 4.39 Å². The van der Waals surface area contributed by atoms with Crippen molar-refractivity contribution in [2.75, 3.05) is 23.9 Å². The van der Waals surface area contributed by atoms with Gasteiger partial charge in [0.1, 0.15) is 22.9 Å². The molecule has 5 aromatic rings. The summed E-state index contributed by atoms with van der Waals surface area (Å²) in [5.74, 6) is -0.322. The molecule has 0 radical (unpaired) electrons. The Morgan fingerprint density at radius 2 is 1.90 bits per heavy atom. The quantitative estimate of drug-likeness (QED) is 0.113. The van der Waals surface area contributed by atoms with E-state index in [9.17, 15) is 9.18 Å². The van der Waals surface area contributed by atoms with Crippen LogP contribution in [0.4, 0.5) is 26.2 Å². The summed E-state index contributed by atoms with van der Waals surface area (Å²) in [5, 5.41) is 3.01. The van der Waals surface area contributed by atoms with Gasteiger partial charge in [-0.2, -0.15) is 0 Å². The summed E-state index contributed by atoms with van der Waals surface area (Å²) in [4.78, 5) is 36.7. The molecule has 3 aromatic heterocycles. The second kappa shape index (κ2) is 14.9. The monoisotopic (exact) mass is 668 g/mol. The van der Waals surface area contributed by atoms with E-state index in [1.54, 1.807) is 24.4 Å². The first kappa shape index (κ1) is 33.6. The van der Waals surface area contributed by atoms with E-state index in [0.29, 0.717) is 30.3 Å². The van der Waals surface area contributed by atoms with Crippen LogP contribution in [0.2, 0.25) is 0 Å². The minimum absolute atomic E-state index is 0.0348. The zero-order chi connectivity index (χ0) is 34.5. The molecular weight excluding hydrogens is 630 g/mol. The van der Waals surface area contributed by atoms with Gasteiger partial charge in [0, 0.05) is 44.3 Å². The van der Waals surface area contributed by atoms with Crippen LogP contribution in [0, 0.1) is 18.6 Å². The Hall–Kier alpha value is -5.27. The van der Waals surface area contributed by atoms with Gasteiger partial charge in [-0.1, -0.05) is 24.3 Å². The van der Waals surface area contributed by atoms with Crippen LogP contribution in [0.15, 0.2) is 67.0 Å². The number of imidazole rings is 1. The van der Waals surface area contributed by atoms with E-state index in [1.165, 1.54) is 12.1 Å². The van der Waals surface area contributed by atoms with Gasteiger partial charge in [0.15, 0.2) is 17.9 Å². The van der Waals surface area contributed by atoms with Crippen molar-refractivity contribution in [1.29, 1.82) is 0 Å². The smallest absolute Gasteiger partial charge is 0.267 e. The Morgan fingerprint density at radius 3 is 2.61 bits per heavy atom. The molecule has 1 aliphatic rings. The molecule has 13 heteroatoms. The Balaban J connectivity index is 1.06. The second-order valence-corrected chi connectivity index (χ2v) is 12.2. The molecule has 1 saturated heterocycles. The number of hydrogen-bond donors (Lipinski definition) is 2. The van der Waals surface area contributed by atoms with Crippen LogP contribution in [0.1, 0.15) is 56.1 Å². The number of halogens is 2. The van der Waals surface area contributed by atoms with Crippen LogP contribution in [-0.2, 0) is 20.9 Å². The number of nitrogens with one attached hydrogen (secondary N) is 2. The summed E-state index contributed by atoms with van der Waals surface area (Å²) in [5.41, 5.74) is 6.28. The Bertz CT molecular complexity index is 1960. The molecule has 1 amide bonds. The fraction of sp³-hybridized carbons (Fsp3) is 0.306. The lowest BCUT2D eigenvalue weighted by molar-refractivity contribution is -0.198. The zero-order valence-corrected chi connectivity index (χ0v) is 27.8. The molecule has 2 aromatic carbocycles. The maximum atomic E-state index is 15.1. The molecule has 11 nitrogen and oxygen atoms in total. The van der Waals surface area contributed by atoms with Gasteiger partial charge in [0.05, 0.1) is 23.6 Å². The molecule has 0 saturated carbocycles. The fourth-order valence-electron chi connectivity index (χ4n) is 5.72. The number of hydrogen-bond acceptors (Lipinski definition) is 9. The molecule has 1 atom stereocenters. The average Bonchev–Trinajstić information content (AvgIpc) is 3.45. The lowest BCUT2D eigenvalue weighted by Gasteiger charge is -2.21. The lowest BCUT2D eigenvalue weighted by atomic mass is 10.1. The van der Waals surface area contributed by atoms with Crippen LogP contribution in [0.5, 0.6) is 0 Å². The Morgan fingerprint density at radius 1 is 1.08 bits per heavy atom. The molecule has 6 rings (SSSR count). The van der Waals surface area contributed by atoms with Crippen LogP contribution < -0.4 is 15.7 Å². The molecule has 0 aliphatic carbocycles. The van der Waals surface area contributed by atoms with Crippen LogP contribution in [0.3, 0.4) is 0 Å². The molecule has 254 valence electrons. The van der Waals surface area contributed by atoms with Gasteiger partial charge in [0.2, 0.25) is 5.95 Å². The van der Waals surface area contributed by atoms with Gasteiger partial charge in [-0.05, 0) is 75.1 Å². The fourth-order valence-corrected chi connectivity index (χ4v) is 5.72. The second-order valence-electron chi connectivity index (χ2n) is 12.2. The van der Waals surface area contributed by atoms with E-state index < -0.39 is 17.9 Å². The van der Waals surface area contributed by atoms with Crippen molar-refractivity contribution in [2.45, 2.75) is 58.9 Å². The van der Waals surface area contributed by atoms with Crippen molar-refractivity contribution < 1.29 is 23.1 Å². The van der Waals surface area contributed by atoms with Gasteiger partial charge in [-0.25, -0.2) is 39.0 Å². The van der Waals surface area contributed by atoms with Crippen LogP contribution in [0.25, 0.3) is 28.4 Å². The summed E-state index contributed by atoms with van der Waals surface area (Å²) in [6.45, 7) is 7.04. The number of hydroxylamine groups is 1. The van der Waals surface area contributed by atoms with Gasteiger partial charge in [-0.15, -0.1) is 0 Å². The molecule has 1 unspecified atom stereocenters. The van der Waals surface area contributed by atoms with E-state index in [1.807, 2.05) is 67.6 Å². The number of fused-ring (bicyclic) bond motifs is 1. The molecule has 0 bridgehead atoms. The number of ether oxygens (including phenoxy) is 1. The standard InChI is InChI=1S/C36H38F2N8O3/c1-22(2)46-23(3)41-35-28(37)17-26(18-30(35)46)34-29(38)20-40-36(43-34)42-31-14-13-27(19-39-31)45(4)21-25-10-8-24(9-11-25)12-15-32(47)44-49-33-7-5-6-16-48-33/h8-15,17-20,22,33H,5-7,16,21H2,1-4H3,(H,44,47)(H,39,40,42,43)/b15-12+. The highest BCUT2D eigenvalue weighted by molar-refractivity contribution is 5.91. The van der Waals surface area contributed by atoms with Gasteiger partial charge >= 0.3 is 0 Å². The molecule has 2 N–H and O–H groups in total. The highest BCUT2D eigenvalue weighted by Gasteiger charge is 2.19. The van der Waals surface area contributed by atoms with Crippen molar-refractivity contribution >= 4 is 40.5 Å². The third-order valence-electron chi connectivity index (χ3n) is 8.14. The van der Waals surface area contributed by atoms with Crippen molar-refractivity contribution in [3.8, 4) is 11.3 Å². The number of carbonyl (C=O) groups excluding carboxylic acids is 1. The Kier molecular flexibility index (Phi) is 10.2. The van der Waals surface area contributed by atoms with Crippen molar-refractivity contribution in [2.24, 2.45) is 0 Å². The summed E-state index contributed by atoms with van der Waals surface area (Å²) in [6, 6.07) is 14.5. The maximum absolute atomic E-state index is 15.1. The van der Waals surface area contributed by atoms with E-state index in [4.69, 9.17) is 9.57 Å². The molecule has 49 heavy (non-hydrogen) atoms. The third kappa shape index (κ3) is 8.07. The number of benzene rings is 2. The number of nitrogens with zero attached hydrogens (tertiary/aromatic N) is 6. The van der Waals surface area contributed by atoms with E-state index in [0.717, 1.165) is 42.3 Å². The molecule has 1 aliphatic heterocycles. The Labute approximate surface area is 283 Å². The number of carbonyl (C=O) groups is 1. The van der Waals surface area contributed by atoms with Gasteiger partial charge in [0.25, 0.3) is 5.91 Å². The van der Waals surface area contributed by atoms with E-state index in [2.05, 4.69) is 30.7 Å². The highest BCUT2D eigenvalue weighted by Crippen LogP contribution is 2.30. The minimum Gasteiger partial charge on any atom is -0.369 e. The van der Waals surface area contributed by atoms with Gasteiger partial charge < -0.3 is 19.5 Å². The predicted octanol–water partition coefficient (Wildman–Crippen LogP) is 7.02. The average molecular weight is 669 g/mol. The summed E-state index contributed by atoms with van der Waals surface area (Å²) < 4.78 is 37.4. The summed E-state index contributed by atoms with van der Waals surface area (Å²) in [7, 11) is 1.95. The number of pyridine rings is 1. The van der Waals surface area contributed by atoms with Crippen molar-refractivity contribution in [3.63, 3.8) is 0 Å². The summed E-state index contributed by atoms with van der Waals surface area (Å²) >= 11 is 0. The van der Waals surface area contributed by atoms with Crippen LogP contribution >= 0.6 is 0 Å². The molecule has 4 heterocycles. The van der Waals surface area contributed by atoms with Gasteiger partial charge in [-0.3, -0.25) is 4.79 Å². The minimum atomic E-state index is -0.675. The third-order valence-corrected chi connectivity index (χ3v) is 8.14. The predicted molar refractivity (Wildman–Crippen MR) is 184 cm³/mol. The molecule has 1 fully saturated rings. The highest BCUT2D eigenvalue weighted by atomic mass is 19.1. The first-order chi connectivity index (χ1) is 23.6. The number of anilines is 3. The number of aromatic nitrogens is 5. The SMILES string of the molecule is Cc1nc2c(F)cc(-c3nc(Nc4ccc(N(C)Cc5ccc(/C=C/C(=O)NOC6CCCCO6)cc5)cn4)ncc3F)cc2n1C(C)C. The largest absolute Gasteiger partial charge is 0.369 e. The molecule has 0 spiro atoms. The normalized spacial score (nSPS) is 14.9. The first-order valence-corrected chi connectivity index (χ1v) is 16.1. The first-order valence-electron chi connectivity index (χ1n) is 16.1. The lowest BCUT2D eigenvalue weighted by Crippen LogP contribution is -2.32. The number of rotatable bonds is 11. The number of aryl methyl sites for hydroxylation is 1. The van der Waals surface area contributed by atoms with Crippen molar-refractivity contribution in [1.82, 2.24) is 30.0 Å². The van der Waals surface area contributed by atoms with Crippen LogP contribution in [-0.4, -0.2) is 50.4 Å². The maximum Gasteiger partial charge on any atom is 0.267 e. The molecular formula is C36H38F2N8O3. The van der Waals surface area contributed by atoms with Crippen molar-refractivity contribution in [3.05, 3.63) is 95.6 Å². The zero-order valence-electron chi connectivity index (χ0n) is 27.8.